The van der Waals surface area contributed by atoms with Crippen LogP contribution in [0.3, 0.4) is 0 Å². The molecule has 170 valence electrons. The maximum atomic E-state index is 6.25. The first-order valence-electron chi connectivity index (χ1n) is 11.5. The van der Waals surface area contributed by atoms with E-state index < -0.39 is 0 Å². The highest BCUT2D eigenvalue weighted by atomic mass is 35.5. The average Bonchev–Trinajstić information content (AvgIpc) is 2.77. The third-order valence-electron chi connectivity index (χ3n) is 5.71. The fourth-order valence-corrected chi connectivity index (χ4v) is 4.44. The lowest BCUT2D eigenvalue weighted by Crippen LogP contribution is -2.38. The molecular formula is C26H32ClN3O2. The smallest absolute Gasteiger partial charge is 0.161 e. The minimum atomic E-state index is 0.123. The molecule has 1 aliphatic heterocycles. The average molecular weight is 454 g/mol. The quantitative estimate of drug-likeness (QED) is 0.414. The number of nitrogens with one attached hydrogen (secondary N) is 1. The van der Waals surface area contributed by atoms with Crippen LogP contribution in [0.15, 0.2) is 48.5 Å². The Labute approximate surface area is 195 Å². The van der Waals surface area contributed by atoms with Crippen LogP contribution in [-0.2, 0) is 6.54 Å². The SMILES string of the molecule is CCOc1cc(CN2CCC(Nc3nc(Cl)cc4ccccc34)CC2)ccc1OC(C)C. The lowest BCUT2D eigenvalue weighted by Gasteiger charge is -2.33. The Bertz CT molecular complexity index is 1050. The van der Waals surface area contributed by atoms with Crippen LogP contribution < -0.4 is 14.8 Å². The molecule has 32 heavy (non-hydrogen) atoms. The van der Waals surface area contributed by atoms with Gasteiger partial charge < -0.3 is 14.8 Å². The van der Waals surface area contributed by atoms with Crippen molar-refractivity contribution in [1.82, 2.24) is 9.88 Å². The van der Waals surface area contributed by atoms with Crippen LogP contribution in [-0.4, -0.2) is 41.7 Å². The van der Waals surface area contributed by atoms with Crippen LogP contribution in [0.5, 0.6) is 11.5 Å². The summed E-state index contributed by atoms with van der Waals surface area (Å²) in [5, 5.41) is 6.40. The molecule has 2 aromatic carbocycles. The number of benzene rings is 2. The maximum Gasteiger partial charge on any atom is 0.161 e. The minimum absolute atomic E-state index is 0.123. The molecule has 0 atom stereocenters. The van der Waals surface area contributed by atoms with E-state index in [1.807, 2.05) is 45.0 Å². The molecule has 0 amide bonds. The molecule has 6 heteroatoms. The van der Waals surface area contributed by atoms with Gasteiger partial charge in [-0.2, -0.15) is 0 Å². The zero-order chi connectivity index (χ0) is 22.5. The molecule has 0 radical (unpaired) electrons. The second kappa shape index (κ2) is 10.4. The second-order valence-corrected chi connectivity index (χ2v) is 8.98. The molecule has 0 aliphatic carbocycles. The summed E-state index contributed by atoms with van der Waals surface area (Å²) >= 11 is 6.25. The number of anilines is 1. The molecule has 0 unspecified atom stereocenters. The van der Waals surface area contributed by atoms with Gasteiger partial charge in [0.15, 0.2) is 11.5 Å². The van der Waals surface area contributed by atoms with Gasteiger partial charge in [0, 0.05) is 31.1 Å². The fraction of sp³-hybridized carbons (Fsp3) is 0.423. The molecule has 1 fully saturated rings. The van der Waals surface area contributed by atoms with Gasteiger partial charge in [-0.15, -0.1) is 0 Å². The Hall–Kier alpha value is -2.50. The molecule has 1 saturated heterocycles. The Morgan fingerprint density at radius 1 is 1.09 bits per heavy atom. The van der Waals surface area contributed by atoms with Gasteiger partial charge in [0.25, 0.3) is 0 Å². The summed E-state index contributed by atoms with van der Waals surface area (Å²) < 4.78 is 11.7. The number of hydrogen-bond acceptors (Lipinski definition) is 5. The number of likely N-dealkylation sites (tertiary alicyclic amines) is 1. The van der Waals surface area contributed by atoms with Gasteiger partial charge in [0.05, 0.1) is 12.7 Å². The van der Waals surface area contributed by atoms with Crippen molar-refractivity contribution in [2.75, 3.05) is 25.0 Å². The Morgan fingerprint density at radius 3 is 2.62 bits per heavy atom. The molecule has 0 saturated carbocycles. The van der Waals surface area contributed by atoms with E-state index in [9.17, 15) is 0 Å². The number of rotatable bonds is 8. The third kappa shape index (κ3) is 5.64. The van der Waals surface area contributed by atoms with E-state index in [0.29, 0.717) is 17.8 Å². The zero-order valence-corrected chi connectivity index (χ0v) is 19.9. The van der Waals surface area contributed by atoms with Gasteiger partial charge in [-0.25, -0.2) is 4.98 Å². The van der Waals surface area contributed by atoms with Crippen molar-refractivity contribution >= 4 is 28.2 Å². The number of piperidine rings is 1. The molecule has 5 nitrogen and oxygen atoms in total. The summed E-state index contributed by atoms with van der Waals surface area (Å²) in [6.07, 6.45) is 2.25. The number of pyridine rings is 1. The van der Waals surface area contributed by atoms with Crippen molar-refractivity contribution < 1.29 is 9.47 Å². The van der Waals surface area contributed by atoms with E-state index in [1.54, 1.807) is 0 Å². The highest BCUT2D eigenvalue weighted by Gasteiger charge is 2.21. The van der Waals surface area contributed by atoms with E-state index in [-0.39, 0.29) is 6.10 Å². The van der Waals surface area contributed by atoms with E-state index in [1.165, 1.54) is 5.56 Å². The second-order valence-electron chi connectivity index (χ2n) is 8.59. The van der Waals surface area contributed by atoms with E-state index >= 15 is 0 Å². The molecule has 1 N–H and O–H groups in total. The summed E-state index contributed by atoms with van der Waals surface area (Å²) in [5.41, 5.74) is 1.25. The van der Waals surface area contributed by atoms with Crippen LogP contribution >= 0.6 is 11.6 Å². The number of nitrogens with zero attached hydrogens (tertiary/aromatic N) is 2. The first-order valence-corrected chi connectivity index (χ1v) is 11.9. The molecule has 0 spiro atoms. The minimum Gasteiger partial charge on any atom is -0.490 e. The van der Waals surface area contributed by atoms with Crippen LogP contribution in [0.1, 0.15) is 39.2 Å². The van der Waals surface area contributed by atoms with Gasteiger partial charge in [0.1, 0.15) is 11.0 Å². The lowest BCUT2D eigenvalue weighted by atomic mass is 10.0. The number of ether oxygens (including phenoxy) is 2. The summed E-state index contributed by atoms with van der Waals surface area (Å²) in [5.74, 6) is 2.53. The fourth-order valence-electron chi connectivity index (χ4n) is 4.23. The molecule has 4 rings (SSSR count). The zero-order valence-electron chi connectivity index (χ0n) is 19.1. The third-order valence-corrected chi connectivity index (χ3v) is 5.91. The lowest BCUT2D eigenvalue weighted by molar-refractivity contribution is 0.209. The van der Waals surface area contributed by atoms with Crippen molar-refractivity contribution in [1.29, 1.82) is 0 Å². The van der Waals surface area contributed by atoms with Crippen LogP contribution in [0, 0.1) is 0 Å². The van der Waals surface area contributed by atoms with Crippen molar-refractivity contribution in [3.8, 4) is 11.5 Å². The van der Waals surface area contributed by atoms with Crippen LogP contribution in [0.4, 0.5) is 5.82 Å². The number of hydrogen-bond donors (Lipinski definition) is 1. The molecule has 1 aromatic heterocycles. The first-order chi connectivity index (χ1) is 15.5. The van der Waals surface area contributed by atoms with Crippen molar-refractivity contribution in [2.24, 2.45) is 0 Å². The highest BCUT2D eigenvalue weighted by molar-refractivity contribution is 6.30. The van der Waals surface area contributed by atoms with Gasteiger partial charge in [-0.05, 0) is 62.8 Å². The van der Waals surface area contributed by atoms with Crippen molar-refractivity contribution in [2.45, 2.75) is 52.3 Å². The predicted octanol–water partition coefficient (Wildman–Crippen LogP) is 6.15. The molecular weight excluding hydrogens is 422 g/mol. The van der Waals surface area contributed by atoms with E-state index in [2.05, 4.69) is 39.5 Å². The summed E-state index contributed by atoms with van der Waals surface area (Å²) in [4.78, 5) is 7.05. The van der Waals surface area contributed by atoms with Gasteiger partial charge in [0.2, 0.25) is 0 Å². The Kier molecular flexibility index (Phi) is 7.38. The topological polar surface area (TPSA) is 46.6 Å². The Balaban J connectivity index is 1.37. The van der Waals surface area contributed by atoms with E-state index in [0.717, 1.165) is 60.6 Å². The summed E-state index contributed by atoms with van der Waals surface area (Å²) in [6, 6.07) is 16.8. The number of aromatic nitrogens is 1. The highest BCUT2D eigenvalue weighted by Crippen LogP contribution is 2.31. The van der Waals surface area contributed by atoms with Gasteiger partial charge in [-0.1, -0.05) is 41.9 Å². The van der Waals surface area contributed by atoms with Crippen LogP contribution in [0.25, 0.3) is 10.8 Å². The normalized spacial score (nSPS) is 15.3. The molecule has 2 heterocycles. The molecule has 3 aromatic rings. The first kappa shape index (κ1) is 22.7. The van der Waals surface area contributed by atoms with Crippen molar-refractivity contribution in [3.63, 3.8) is 0 Å². The van der Waals surface area contributed by atoms with Gasteiger partial charge >= 0.3 is 0 Å². The van der Waals surface area contributed by atoms with Crippen molar-refractivity contribution in [3.05, 3.63) is 59.2 Å². The molecule has 0 bridgehead atoms. The van der Waals surface area contributed by atoms with Gasteiger partial charge in [-0.3, -0.25) is 4.90 Å². The number of halogens is 1. The van der Waals surface area contributed by atoms with Crippen LogP contribution in [0.2, 0.25) is 5.15 Å². The van der Waals surface area contributed by atoms with E-state index in [4.69, 9.17) is 21.1 Å². The standard InChI is InChI=1S/C26H32ClN3O2/c1-4-31-24-15-19(9-10-23(24)32-18(2)3)17-30-13-11-21(12-14-30)28-26-22-8-6-5-7-20(22)16-25(27)29-26/h5-10,15-16,18,21H,4,11-14,17H2,1-3H3,(H,28,29). The summed E-state index contributed by atoms with van der Waals surface area (Å²) in [6.45, 7) is 9.66. The largest absolute Gasteiger partial charge is 0.490 e. The molecule has 1 aliphatic rings. The maximum absolute atomic E-state index is 6.25. The monoisotopic (exact) mass is 453 g/mol. The predicted molar refractivity (Wildman–Crippen MR) is 132 cm³/mol. The Morgan fingerprint density at radius 2 is 1.88 bits per heavy atom. The number of fused-ring (bicyclic) bond motifs is 1. The summed E-state index contributed by atoms with van der Waals surface area (Å²) in [7, 11) is 0.